The van der Waals surface area contributed by atoms with Crippen LogP contribution in [0.25, 0.3) is 11.0 Å². The van der Waals surface area contributed by atoms with Gasteiger partial charge in [0.15, 0.2) is 0 Å². The number of benzene rings is 1. The van der Waals surface area contributed by atoms with Gasteiger partial charge in [0.05, 0.1) is 17.6 Å². The molecule has 2 aromatic rings. The molecule has 0 bridgehead atoms. The molecule has 0 saturated carbocycles. The van der Waals surface area contributed by atoms with E-state index in [1.807, 2.05) is 0 Å². The Labute approximate surface area is 113 Å². The van der Waals surface area contributed by atoms with E-state index in [2.05, 4.69) is 43.5 Å². The van der Waals surface area contributed by atoms with Crippen LogP contribution in [0.1, 0.15) is 37.7 Å². The van der Waals surface area contributed by atoms with Crippen LogP contribution in [-0.2, 0) is 10.3 Å². The zero-order chi connectivity index (χ0) is 13.6. The predicted octanol–water partition coefficient (Wildman–Crippen LogP) is 2.50. The predicted molar refractivity (Wildman–Crippen MR) is 76.2 cm³/mol. The zero-order valence-electron chi connectivity index (χ0n) is 11.8. The maximum absolute atomic E-state index is 6.51. The number of imidazole rings is 1. The molecule has 0 spiro atoms. The van der Waals surface area contributed by atoms with Crippen molar-refractivity contribution in [3.63, 3.8) is 0 Å². The number of nitrogens with zero attached hydrogens (tertiary/aromatic N) is 2. The van der Waals surface area contributed by atoms with Crippen molar-refractivity contribution in [2.45, 2.75) is 38.8 Å². The highest BCUT2D eigenvalue weighted by Crippen LogP contribution is 2.32. The van der Waals surface area contributed by atoms with Gasteiger partial charge in [-0.3, -0.25) is 0 Å². The summed E-state index contributed by atoms with van der Waals surface area (Å²) in [7, 11) is 0. The highest BCUT2D eigenvalue weighted by molar-refractivity contribution is 5.77. The molecular weight excluding hydrogens is 238 g/mol. The number of fused-ring (bicyclic) bond motifs is 1. The van der Waals surface area contributed by atoms with Gasteiger partial charge in [0, 0.05) is 12.6 Å². The second kappa shape index (κ2) is 4.32. The molecule has 1 aromatic heterocycles. The lowest BCUT2D eigenvalue weighted by Crippen LogP contribution is -2.40. The Morgan fingerprint density at radius 1 is 1.42 bits per heavy atom. The lowest BCUT2D eigenvalue weighted by molar-refractivity contribution is 0.175. The number of nitrogens with two attached hydrogens (primary N) is 1. The monoisotopic (exact) mass is 259 g/mol. The summed E-state index contributed by atoms with van der Waals surface area (Å²) >= 11 is 0. The van der Waals surface area contributed by atoms with Crippen LogP contribution >= 0.6 is 0 Å². The number of ether oxygens (including phenoxy) is 1. The van der Waals surface area contributed by atoms with E-state index >= 15 is 0 Å². The smallest absolute Gasteiger partial charge is 0.132 e. The molecule has 0 aliphatic carbocycles. The molecule has 1 saturated heterocycles. The lowest BCUT2D eigenvalue weighted by atomic mass is 9.99. The van der Waals surface area contributed by atoms with Gasteiger partial charge in [-0.1, -0.05) is 6.07 Å². The van der Waals surface area contributed by atoms with E-state index < -0.39 is 5.54 Å². The summed E-state index contributed by atoms with van der Waals surface area (Å²) in [5, 5.41) is 0. The molecule has 19 heavy (non-hydrogen) atoms. The second-order valence-corrected chi connectivity index (χ2v) is 5.85. The maximum Gasteiger partial charge on any atom is 0.132 e. The highest BCUT2D eigenvalue weighted by atomic mass is 16.5. The first-order valence-corrected chi connectivity index (χ1v) is 6.87. The quantitative estimate of drug-likeness (QED) is 0.901. The Bertz CT molecular complexity index is 609. The van der Waals surface area contributed by atoms with Crippen LogP contribution in [0.15, 0.2) is 18.2 Å². The zero-order valence-corrected chi connectivity index (χ0v) is 11.8. The molecule has 2 N–H and O–H groups in total. The van der Waals surface area contributed by atoms with Gasteiger partial charge in [-0.2, -0.15) is 0 Å². The molecule has 1 aliphatic rings. The Morgan fingerprint density at radius 2 is 2.21 bits per heavy atom. The second-order valence-electron chi connectivity index (χ2n) is 5.85. The van der Waals surface area contributed by atoms with Crippen molar-refractivity contribution < 1.29 is 4.74 Å². The van der Waals surface area contributed by atoms with Crippen molar-refractivity contribution in [1.29, 1.82) is 0 Å². The van der Waals surface area contributed by atoms with E-state index in [0.717, 1.165) is 29.9 Å². The summed E-state index contributed by atoms with van der Waals surface area (Å²) in [6.07, 6.45) is 0.835. The standard InChI is InChI=1S/C15H21N3O/c1-10(2)18-13-5-4-11(3)8-12(13)17-14(18)15(16)6-7-19-9-15/h4-5,8,10H,6-7,9,16H2,1-3H3. The van der Waals surface area contributed by atoms with E-state index in [1.54, 1.807) is 0 Å². The average molecular weight is 259 g/mol. The Hall–Kier alpha value is -1.39. The molecule has 0 amide bonds. The van der Waals surface area contributed by atoms with E-state index in [0.29, 0.717) is 12.6 Å². The number of hydrogen-bond acceptors (Lipinski definition) is 3. The normalized spacial score (nSPS) is 23.6. The van der Waals surface area contributed by atoms with Gasteiger partial charge in [0.1, 0.15) is 11.4 Å². The fourth-order valence-corrected chi connectivity index (χ4v) is 2.84. The van der Waals surface area contributed by atoms with Gasteiger partial charge < -0.3 is 15.0 Å². The van der Waals surface area contributed by atoms with Gasteiger partial charge in [-0.05, 0) is 44.9 Å². The molecule has 1 aliphatic heterocycles. The van der Waals surface area contributed by atoms with Crippen LogP contribution in [0, 0.1) is 6.92 Å². The first-order valence-electron chi connectivity index (χ1n) is 6.87. The third-order valence-corrected chi connectivity index (χ3v) is 3.86. The van der Waals surface area contributed by atoms with Crippen molar-refractivity contribution in [2.24, 2.45) is 5.73 Å². The molecule has 4 nitrogen and oxygen atoms in total. The third kappa shape index (κ3) is 1.95. The van der Waals surface area contributed by atoms with Gasteiger partial charge in [-0.15, -0.1) is 0 Å². The molecule has 4 heteroatoms. The van der Waals surface area contributed by atoms with Gasteiger partial charge in [-0.25, -0.2) is 4.98 Å². The van der Waals surface area contributed by atoms with Crippen LogP contribution in [0.4, 0.5) is 0 Å². The van der Waals surface area contributed by atoms with E-state index in [-0.39, 0.29) is 0 Å². The summed E-state index contributed by atoms with van der Waals surface area (Å²) in [6.45, 7) is 7.70. The Morgan fingerprint density at radius 3 is 2.84 bits per heavy atom. The van der Waals surface area contributed by atoms with E-state index in [1.165, 1.54) is 5.56 Å². The first kappa shape index (κ1) is 12.6. The van der Waals surface area contributed by atoms with Crippen LogP contribution in [0.3, 0.4) is 0 Å². The maximum atomic E-state index is 6.51. The summed E-state index contributed by atoms with van der Waals surface area (Å²) in [5.74, 6) is 0.959. The average Bonchev–Trinajstić information content (AvgIpc) is 2.93. The fourth-order valence-electron chi connectivity index (χ4n) is 2.84. The minimum Gasteiger partial charge on any atom is -0.379 e. The molecule has 1 aromatic carbocycles. The van der Waals surface area contributed by atoms with Gasteiger partial charge >= 0.3 is 0 Å². The molecule has 0 radical (unpaired) electrons. The largest absolute Gasteiger partial charge is 0.379 e. The molecule has 1 atom stereocenters. The highest BCUT2D eigenvalue weighted by Gasteiger charge is 2.37. The van der Waals surface area contributed by atoms with Gasteiger partial charge in [0.25, 0.3) is 0 Å². The SMILES string of the molecule is Cc1ccc2c(c1)nc(C1(N)CCOC1)n2C(C)C. The molecular formula is C15H21N3O. The van der Waals surface area contributed by atoms with E-state index in [4.69, 9.17) is 15.5 Å². The number of hydrogen-bond donors (Lipinski definition) is 1. The lowest BCUT2D eigenvalue weighted by Gasteiger charge is -2.24. The summed E-state index contributed by atoms with van der Waals surface area (Å²) in [5.41, 5.74) is 9.48. The van der Waals surface area contributed by atoms with Crippen molar-refractivity contribution in [1.82, 2.24) is 9.55 Å². The molecule has 1 fully saturated rings. The number of rotatable bonds is 2. The van der Waals surface area contributed by atoms with Crippen molar-refractivity contribution >= 4 is 11.0 Å². The van der Waals surface area contributed by atoms with Crippen LogP contribution in [0.2, 0.25) is 0 Å². The first-order chi connectivity index (χ1) is 9.01. The summed E-state index contributed by atoms with van der Waals surface area (Å²) < 4.78 is 7.74. The van der Waals surface area contributed by atoms with Gasteiger partial charge in [0.2, 0.25) is 0 Å². The van der Waals surface area contributed by atoms with E-state index in [9.17, 15) is 0 Å². The minimum absolute atomic E-state index is 0.337. The Kier molecular flexibility index (Phi) is 2.87. The van der Waals surface area contributed by atoms with Crippen molar-refractivity contribution in [2.75, 3.05) is 13.2 Å². The van der Waals surface area contributed by atoms with Crippen LogP contribution < -0.4 is 5.73 Å². The summed E-state index contributed by atoms with van der Waals surface area (Å²) in [6, 6.07) is 6.72. The molecule has 102 valence electrons. The van der Waals surface area contributed by atoms with Crippen molar-refractivity contribution in [3.05, 3.63) is 29.6 Å². The fraction of sp³-hybridized carbons (Fsp3) is 0.533. The molecule has 3 rings (SSSR count). The molecule has 1 unspecified atom stereocenters. The summed E-state index contributed by atoms with van der Waals surface area (Å²) in [4.78, 5) is 4.81. The Balaban J connectivity index is 2.25. The third-order valence-electron chi connectivity index (χ3n) is 3.86. The van der Waals surface area contributed by atoms with Crippen LogP contribution in [-0.4, -0.2) is 22.8 Å². The van der Waals surface area contributed by atoms with Crippen molar-refractivity contribution in [3.8, 4) is 0 Å². The number of aromatic nitrogens is 2. The number of aryl methyl sites for hydroxylation is 1. The topological polar surface area (TPSA) is 53.1 Å². The minimum atomic E-state index is -0.447. The molecule has 2 heterocycles. The van der Waals surface area contributed by atoms with Crippen LogP contribution in [0.5, 0.6) is 0 Å².